The fourth-order valence-electron chi connectivity index (χ4n) is 19.8. The molecule has 0 unspecified atom stereocenters. The summed E-state index contributed by atoms with van der Waals surface area (Å²) in [5, 5.41) is 34.4. The maximum Gasteiger partial charge on any atom is 0.336 e. The number of aryl methyl sites for hydroxylation is 2. The lowest BCUT2D eigenvalue weighted by Crippen LogP contribution is -2.13. The van der Waals surface area contributed by atoms with Crippen LogP contribution < -0.4 is 30.2 Å². The molecule has 17 aromatic carbocycles. The van der Waals surface area contributed by atoms with Crippen molar-refractivity contribution in [1.29, 1.82) is 0 Å². The minimum Gasteiger partial charge on any atom is -0.491 e. The summed E-state index contributed by atoms with van der Waals surface area (Å²) in [4.78, 5) is 23.5. The first kappa shape index (κ1) is 78.7. The molecular weight excluding hydrogens is 1490 g/mol. The van der Waals surface area contributed by atoms with Gasteiger partial charge in [0.05, 0.1) is 52.9 Å². The van der Waals surface area contributed by atoms with Crippen LogP contribution in [-0.2, 0) is 31.8 Å². The zero-order valence-corrected chi connectivity index (χ0v) is 69.4. The largest absolute Gasteiger partial charge is 0.491 e. The summed E-state index contributed by atoms with van der Waals surface area (Å²) < 4.78 is 58.7. The van der Waals surface area contributed by atoms with Gasteiger partial charge in [0.25, 0.3) is 0 Å². The molecule has 0 amide bonds. The Morgan fingerprint density at radius 3 is 0.817 bits per heavy atom. The fourth-order valence-corrected chi connectivity index (χ4v) is 19.8. The zero-order valence-electron chi connectivity index (χ0n) is 69.4. The minimum absolute atomic E-state index is 0.350. The predicted molar refractivity (Wildman–Crippen MR) is 496 cm³/mol. The molecule has 0 saturated heterocycles. The van der Waals surface area contributed by atoms with Gasteiger partial charge < -0.3 is 46.7 Å². The van der Waals surface area contributed by atoms with Crippen LogP contribution in [0.5, 0.6) is 23.0 Å². The van der Waals surface area contributed by atoms with Crippen molar-refractivity contribution in [3.8, 4) is 45.3 Å². The van der Waals surface area contributed by atoms with Gasteiger partial charge in [0.15, 0.2) is 0 Å². The Labute approximate surface area is 699 Å². The maximum absolute atomic E-state index is 11.8. The van der Waals surface area contributed by atoms with E-state index in [1.807, 2.05) is 24.3 Å². The molecule has 12 nitrogen and oxygen atoms in total. The number of benzene rings is 17. The molecule has 0 aliphatic heterocycles. The quantitative estimate of drug-likeness (QED) is 0.0156. The van der Waals surface area contributed by atoms with Crippen molar-refractivity contribution < 1.29 is 46.7 Å². The molecule has 0 atom stereocenters. The van der Waals surface area contributed by atoms with E-state index in [0.717, 1.165) is 57.4 Å². The lowest BCUT2D eigenvalue weighted by Gasteiger charge is -2.30. The molecule has 0 N–H and O–H groups in total. The van der Waals surface area contributed by atoms with Gasteiger partial charge in [-0.25, -0.2) is 9.59 Å². The Balaban J connectivity index is 0.659. The summed E-state index contributed by atoms with van der Waals surface area (Å²) in [6, 6.07) is 69.7. The van der Waals surface area contributed by atoms with Gasteiger partial charge in [-0.05, 0) is 273 Å². The molecule has 2 heterocycles. The van der Waals surface area contributed by atoms with E-state index in [4.69, 9.17) is 46.7 Å². The second-order valence-electron chi connectivity index (χ2n) is 33.4. The van der Waals surface area contributed by atoms with Crippen LogP contribution >= 0.6 is 0 Å². The molecule has 610 valence electrons. The Morgan fingerprint density at radius 2 is 0.483 bits per heavy atom. The second-order valence-corrected chi connectivity index (χ2v) is 33.4. The van der Waals surface area contributed by atoms with E-state index in [9.17, 15) is 9.59 Å². The highest BCUT2D eigenvalue weighted by Gasteiger charge is 2.33. The van der Waals surface area contributed by atoms with Gasteiger partial charge in [-0.1, -0.05) is 214 Å². The molecule has 19 aromatic rings. The van der Waals surface area contributed by atoms with Gasteiger partial charge in [-0.2, -0.15) is 0 Å². The third kappa shape index (κ3) is 15.9. The van der Waals surface area contributed by atoms with E-state index in [1.54, 1.807) is 24.3 Å². The average Bonchev–Trinajstić information content (AvgIpc) is 0.642. The summed E-state index contributed by atoms with van der Waals surface area (Å²) >= 11 is 0. The molecule has 0 fully saturated rings. The zero-order chi connectivity index (χ0) is 80.8. The van der Waals surface area contributed by atoms with E-state index in [2.05, 4.69) is 147 Å². The van der Waals surface area contributed by atoms with Crippen LogP contribution in [0, 0.1) is 0 Å². The van der Waals surface area contributed by atoms with Gasteiger partial charge in [0, 0.05) is 35.0 Å². The number of rotatable bonds is 46. The lowest BCUT2D eigenvalue weighted by molar-refractivity contribution is 0.0273. The average molecular weight is 1600 g/mol. The Morgan fingerprint density at radius 1 is 0.225 bits per heavy atom. The van der Waals surface area contributed by atoms with Crippen molar-refractivity contribution in [3.05, 3.63) is 226 Å². The number of hydrogen-bond donors (Lipinski definition) is 0. The van der Waals surface area contributed by atoms with Crippen LogP contribution in [0.25, 0.3) is 173 Å². The first-order valence-corrected chi connectivity index (χ1v) is 44.7. The number of unbranched alkanes of at least 4 members (excludes halogenated alkanes) is 18. The van der Waals surface area contributed by atoms with Crippen molar-refractivity contribution in [2.75, 3.05) is 79.3 Å². The molecule has 12 heteroatoms. The van der Waals surface area contributed by atoms with Gasteiger partial charge in [-0.15, -0.1) is 0 Å². The van der Waals surface area contributed by atoms with E-state index in [1.165, 1.54) is 281 Å². The van der Waals surface area contributed by atoms with Crippen molar-refractivity contribution in [2.24, 2.45) is 0 Å². The summed E-state index contributed by atoms with van der Waals surface area (Å²) in [5.41, 5.74) is 7.65. The Hall–Kier alpha value is -11.1. The van der Waals surface area contributed by atoms with E-state index in [-0.39, 0.29) is 0 Å². The van der Waals surface area contributed by atoms with E-state index in [0.29, 0.717) is 102 Å². The highest BCUT2D eigenvalue weighted by Crippen LogP contribution is 2.61. The van der Waals surface area contributed by atoms with Crippen LogP contribution in [0.2, 0.25) is 0 Å². The molecule has 0 spiro atoms. The first-order chi connectivity index (χ1) is 59.3. The van der Waals surface area contributed by atoms with Crippen LogP contribution in [0.3, 0.4) is 0 Å². The second kappa shape index (κ2) is 36.1. The first-order valence-electron chi connectivity index (χ1n) is 44.7. The predicted octanol–water partition coefficient (Wildman–Crippen LogP) is 27.6. The van der Waals surface area contributed by atoms with Gasteiger partial charge in [0.2, 0.25) is 0 Å². The highest BCUT2D eigenvalue weighted by atomic mass is 16.6. The Kier molecular flexibility index (Phi) is 23.6. The monoisotopic (exact) mass is 1590 g/mol. The summed E-state index contributed by atoms with van der Waals surface area (Å²) in [6.07, 6.45) is 28.6. The summed E-state index contributed by atoms with van der Waals surface area (Å²) in [5.74, 6) is 2.79. The normalized spacial score (nSPS) is 12.4. The van der Waals surface area contributed by atoms with Crippen molar-refractivity contribution in [1.82, 2.24) is 0 Å². The fraction of sp³-hybridized carbons (Fsp3) is 0.333. The van der Waals surface area contributed by atoms with Gasteiger partial charge in [0.1, 0.15) is 60.6 Å². The Bertz CT molecular complexity index is 6430. The van der Waals surface area contributed by atoms with Crippen molar-refractivity contribution in [3.63, 3.8) is 0 Å². The summed E-state index contributed by atoms with van der Waals surface area (Å²) in [7, 11) is 0. The van der Waals surface area contributed by atoms with Crippen LogP contribution in [0.1, 0.15) is 153 Å². The molecule has 19 rings (SSSR count). The van der Waals surface area contributed by atoms with Crippen LogP contribution in [0.4, 0.5) is 0 Å². The van der Waals surface area contributed by atoms with Crippen molar-refractivity contribution >= 4 is 151 Å². The van der Waals surface area contributed by atoms with Gasteiger partial charge in [-0.3, -0.25) is 0 Å². The molecular formula is C108H106O12. The smallest absolute Gasteiger partial charge is 0.336 e. The number of hydrogen-bond acceptors (Lipinski definition) is 12. The standard InChI is InChI=1S/C108H106O12/c1-3-5-7-9-11-13-15-17-19-21-25-69-59-85-81-27-23-29-83-89-63-75(71-31-39-77(40-32-71)115-55-51-111-47-49-113-53-57-117-79-43-35-73-37-45-95(109)119-93(73)67-79)65-91-92-66-76(72-33-41-78(42-34-72)116-56-52-112-48-50-114-54-58-118-80-44-36-74-38-46-96(110)120-94(74)68-80)64-90-84-30-24-28-82-86-60-70(26-22-20-18-16-14-12-10-8-6-4-2)62-88-87(61-69)99(85)105-103(97(81)83)107(101(89)91)108(102(90)92)104(98(82)84)106(105)100(86)88/h23-24,27-46,59-68H,3-22,25-26,47-58H2,1-2H3. The SMILES string of the molecule is CCCCCCCCCCCCc1cc2c3cccc4c5cc(-c6ccc(OCCOCCOCCOc7ccc8ccc(=O)oc8c7)cc6)cc6c7cc(-c8ccc(OCCOCCOCCOc9ccc%10ccc(=O)oc%10c9)cc8)cc8c9cccc%10c%11cc(CCCCCCCCCCCC)cc%12c(c1)c2c1c(c34)c(c56)c(c87)c(c%109)c1c%11%12. The molecule has 120 heavy (non-hydrogen) atoms. The van der Waals surface area contributed by atoms with E-state index < -0.39 is 11.3 Å². The van der Waals surface area contributed by atoms with Crippen LogP contribution in [0.15, 0.2) is 213 Å². The molecule has 0 saturated carbocycles. The summed E-state index contributed by atoms with van der Waals surface area (Å²) in [6.45, 7) is 9.37. The molecule has 0 aliphatic carbocycles. The number of ether oxygens (including phenoxy) is 8. The maximum atomic E-state index is 11.8. The molecule has 2 aromatic heterocycles. The third-order valence-corrected chi connectivity index (χ3v) is 25.5. The molecule has 0 aliphatic rings. The molecule has 0 radical (unpaired) electrons. The topological polar surface area (TPSA) is 134 Å². The molecule has 0 bridgehead atoms. The minimum atomic E-state index is -0.393. The van der Waals surface area contributed by atoms with Gasteiger partial charge >= 0.3 is 11.3 Å². The highest BCUT2D eigenvalue weighted by molar-refractivity contribution is 6.61. The number of fused-ring (bicyclic) bond motifs is 8. The van der Waals surface area contributed by atoms with E-state index >= 15 is 0 Å². The third-order valence-electron chi connectivity index (χ3n) is 25.5. The van der Waals surface area contributed by atoms with Crippen molar-refractivity contribution in [2.45, 2.75) is 155 Å². The lowest BCUT2D eigenvalue weighted by atomic mass is 9.72. The van der Waals surface area contributed by atoms with Crippen LogP contribution in [-0.4, -0.2) is 79.3 Å².